The number of nitrogens with one attached hydrogen (secondary N) is 1. The standard InChI is InChI=1S/C22H17N3O3S/c26-20(15-29-22-25-24-21(28-22)16-7-3-1-4-8-16)23-17-11-13-19(14-12-17)27-18-9-5-2-6-10-18/h1-14H,15H2,(H,23,26). The van der Waals surface area contributed by atoms with Crippen molar-refractivity contribution in [2.75, 3.05) is 11.1 Å². The average molecular weight is 403 g/mol. The molecule has 6 nitrogen and oxygen atoms in total. The Morgan fingerprint density at radius 1 is 0.862 bits per heavy atom. The number of amides is 1. The van der Waals surface area contributed by atoms with E-state index in [4.69, 9.17) is 9.15 Å². The van der Waals surface area contributed by atoms with E-state index in [1.54, 1.807) is 24.3 Å². The molecule has 0 saturated heterocycles. The van der Waals surface area contributed by atoms with E-state index in [1.165, 1.54) is 11.8 Å². The van der Waals surface area contributed by atoms with Crippen LogP contribution in [0.1, 0.15) is 0 Å². The van der Waals surface area contributed by atoms with Crippen molar-refractivity contribution in [3.63, 3.8) is 0 Å². The van der Waals surface area contributed by atoms with Crippen molar-refractivity contribution in [3.8, 4) is 23.0 Å². The van der Waals surface area contributed by atoms with Crippen LogP contribution in [-0.4, -0.2) is 21.9 Å². The third-order valence-electron chi connectivity index (χ3n) is 3.87. The molecule has 0 aliphatic carbocycles. The number of thioether (sulfide) groups is 1. The molecule has 29 heavy (non-hydrogen) atoms. The van der Waals surface area contributed by atoms with E-state index in [2.05, 4.69) is 15.5 Å². The van der Waals surface area contributed by atoms with Crippen LogP contribution in [0.5, 0.6) is 11.5 Å². The molecule has 0 unspecified atom stereocenters. The van der Waals surface area contributed by atoms with Gasteiger partial charge in [-0.15, -0.1) is 10.2 Å². The fraction of sp³-hybridized carbons (Fsp3) is 0.0455. The van der Waals surface area contributed by atoms with Gasteiger partial charge in [0.05, 0.1) is 5.75 Å². The van der Waals surface area contributed by atoms with E-state index in [1.807, 2.05) is 60.7 Å². The zero-order valence-electron chi connectivity index (χ0n) is 15.3. The van der Waals surface area contributed by atoms with Gasteiger partial charge in [-0.05, 0) is 48.5 Å². The van der Waals surface area contributed by atoms with E-state index < -0.39 is 0 Å². The summed E-state index contributed by atoms with van der Waals surface area (Å²) in [5, 5.41) is 11.2. The van der Waals surface area contributed by atoms with Gasteiger partial charge in [-0.1, -0.05) is 48.2 Å². The van der Waals surface area contributed by atoms with Gasteiger partial charge >= 0.3 is 0 Å². The monoisotopic (exact) mass is 403 g/mol. The number of carbonyl (C=O) groups excluding carboxylic acids is 1. The molecule has 144 valence electrons. The number of hydrogen-bond acceptors (Lipinski definition) is 6. The smallest absolute Gasteiger partial charge is 0.277 e. The minimum atomic E-state index is -0.161. The number of nitrogens with zero attached hydrogens (tertiary/aromatic N) is 2. The molecule has 1 amide bonds. The second kappa shape index (κ2) is 9.07. The number of para-hydroxylation sites is 1. The van der Waals surface area contributed by atoms with Gasteiger partial charge in [-0.3, -0.25) is 4.79 Å². The van der Waals surface area contributed by atoms with Crippen LogP contribution in [0.3, 0.4) is 0 Å². The minimum absolute atomic E-state index is 0.161. The summed E-state index contributed by atoms with van der Waals surface area (Å²) in [7, 11) is 0. The van der Waals surface area contributed by atoms with Crippen molar-refractivity contribution in [2.45, 2.75) is 5.22 Å². The summed E-state index contributed by atoms with van der Waals surface area (Å²) >= 11 is 1.19. The van der Waals surface area contributed by atoms with Crippen molar-refractivity contribution < 1.29 is 13.9 Å². The molecule has 1 heterocycles. The largest absolute Gasteiger partial charge is 0.457 e. The highest BCUT2D eigenvalue weighted by atomic mass is 32.2. The van der Waals surface area contributed by atoms with Crippen LogP contribution in [0.15, 0.2) is 94.6 Å². The second-order valence-electron chi connectivity index (χ2n) is 6.02. The Labute approximate surface area is 171 Å². The van der Waals surface area contributed by atoms with Gasteiger partial charge < -0.3 is 14.5 Å². The molecular weight excluding hydrogens is 386 g/mol. The van der Waals surface area contributed by atoms with Crippen LogP contribution < -0.4 is 10.1 Å². The zero-order valence-corrected chi connectivity index (χ0v) is 16.1. The summed E-state index contributed by atoms with van der Waals surface area (Å²) in [5.41, 5.74) is 1.53. The quantitative estimate of drug-likeness (QED) is 0.424. The first-order valence-corrected chi connectivity index (χ1v) is 9.89. The van der Waals surface area contributed by atoms with Crippen molar-refractivity contribution >= 4 is 23.4 Å². The van der Waals surface area contributed by atoms with Gasteiger partial charge in [0.1, 0.15) is 11.5 Å². The number of ether oxygens (including phenoxy) is 1. The summed E-state index contributed by atoms with van der Waals surface area (Å²) in [6.07, 6.45) is 0. The zero-order chi connectivity index (χ0) is 19.9. The van der Waals surface area contributed by atoms with Crippen LogP contribution in [-0.2, 0) is 4.79 Å². The van der Waals surface area contributed by atoms with E-state index in [9.17, 15) is 4.79 Å². The summed E-state index contributed by atoms with van der Waals surface area (Å²) < 4.78 is 11.3. The Morgan fingerprint density at radius 2 is 1.52 bits per heavy atom. The van der Waals surface area contributed by atoms with Crippen molar-refractivity contribution in [3.05, 3.63) is 84.9 Å². The predicted octanol–water partition coefficient (Wildman–Crippen LogP) is 5.26. The minimum Gasteiger partial charge on any atom is -0.457 e. The lowest BCUT2D eigenvalue weighted by Gasteiger charge is -2.07. The Balaban J connectivity index is 1.28. The number of carbonyl (C=O) groups is 1. The fourth-order valence-electron chi connectivity index (χ4n) is 2.52. The molecule has 0 aliphatic heterocycles. The van der Waals surface area contributed by atoms with Crippen LogP contribution in [0.2, 0.25) is 0 Å². The van der Waals surface area contributed by atoms with Crippen LogP contribution in [0.4, 0.5) is 5.69 Å². The molecule has 1 aromatic heterocycles. The SMILES string of the molecule is O=C(CSc1nnc(-c2ccccc2)o1)Nc1ccc(Oc2ccccc2)cc1. The van der Waals surface area contributed by atoms with Gasteiger partial charge in [0, 0.05) is 11.3 Å². The van der Waals surface area contributed by atoms with Gasteiger partial charge in [0.15, 0.2) is 0 Å². The number of rotatable bonds is 7. The highest BCUT2D eigenvalue weighted by molar-refractivity contribution is 7.99. The maximum Gasteiger partial charge on any atom is 0.277 e. The van der Waals surface area contributed by atoms with Gasteiger partial charge in [0.25, 0.3) is 5.22 Å². The van der Waals surface area contributed by atoms with Crippen LogP contribution in [0, 0.1) is 0 Å². The predicted molar refractivity (Wildman–Crippen MR) is 112 cm³/mol. The summed E-state index contributed by atoms with van der Waals surface area (Å²) in [5.74, 6) is 1.89. The van der Waals surface area contributed by atoms with E-state index in [-0.39, 0.29) is 11.7 Å². The molecule has 4 aromatic rings. The first kappa shape index (κ1) is 18.8. The fourth-order valence-corrected chi connectivity index (χ4v) is 3.08. The van der Waals surface area contributed by atoms with Gasteiger partial charge in [-0.2, -0.15) is 0 Å². The molecule has 0 atom stereocenters. The Bertz CT molecular complexity index is 1070. The molecule has 1 N–H and O–H groups in total. The van der Waals surface area contributed by atoms with Crippen molar-refractivity contribution in [1.82, 2.24) is 10.2 Å². The van der Waals surface area contributed by atoms with E-state index >= 15 is 0 Å². The Hall–Kier alpha value is -3.58. The first-order chi connectivity index (χ1) is 14.3. The highest BCUT2D eigenvalue weighted by Gasteiger charge is 2.11. The third-order valence-corrected chi connectivity index (χ3v) is 4.69. The normalized spacial score (nSPS) is 10.5. The number of anilines is 1. The molecule has 0 radical (unpaired) electrons. The number of hydrogen-bond donors (Lipinski definition) is 1. The highest BCUT2D eigenvalue weighted by Crippen LogP contribution is 2.24. The molecular formula is C22H17N3O3S. The molecule has 0 bridgehead atoms. The van der Waals surface area contributed by atoms with Gasteiger partial charge in [0.2, 0.25) is 11.8 Å². The summed E-state index contributed by atoms with van der Waals surface area (Å²) in [4.78, 5) is 12.2. The molecule has 0 saturated carbocycles. The lowest BCUT2D eigenvalue weighted by Crippen LogP contribution is -2.13. The van der Waals surface area contributed by atoms with Gasteiger partial charge in [-0.25, -0.2) is 0 Å². The lowest BCUT2D eigenvalue weighted by molar-refractivity contribution is -0.113. The first-order valence-electron chi connectivity index (χ1n) is 8.91. The number of benzene rings is 3. The summed E-state index contributed by atoms with van der Waals surface area (Å²) in [6, 6.07) is 26.2. The van der Waals surface area contributed by atoms with Crippen LogP contribution in [0.25, 0.3) is 11.5 Å². The molecule has 0 fully saturated rings. The average Bonchev–Trinajstić information content (AvgIpc) is 3.24. The van der Waals surface area contributed by atoms with E-state index in [0.717, 1.165) is 11.3 Å². The van der Waals surface area contributed by atoms with E-state index in [0.29, 0.717) is 22.6 Å². The molecule has 3 aromatic carbocycles. The van der Waals surface area contributed by atoms with Crippen molar-refractivity contribution in [1.29, 1.82) is 0 Å². The molecule has 0 aliphatic rings. The number of aromatic nitrogens is 2. The third kappa shape index (κ3) is 5.24. The lowest BCUT2D eigenvalue weighted by atomic mass is 10.2. The summed E-state index contributed by atoms with van der Waals surface area (Å²) in [6.45, 7) is 0. The molecule has 7 heteroatoms. The maximum absolute atomic E-state index is 12.2. The topological polar surface area (TPSA) is 77.2 Å². The molecule has 0 spiro atoms. The Kier molecular flexibility index (Phi) is 5.87. The Morgan fingerprint density at radius 3 is 2.24 bits per heavy atom. The van der Waals surface area contributed by atoms with Crippen molar-refractivity contribution in [2.24, 2.45) is 0 Å². The van der Waals surface area contributed by atoms with Crippen LogP contribution >= 0.6 is 11.8 Å². The second-order valence-corrected chi connectivity index (χ2v) is 6.94. The molecule has 4 rings (SSSR count). The maximum atomic E-state index is 12.2.